The van der Waals surface area contributed by atoms with Gasteiger partial charge < -0.3 is 5.32 Å². The van der Waals surface area contributed by atoms with E-state index in [9.17, 15) is 8.42 Å². The smallest absolute Gasteiger partial charge is 0.243 e. The quantitative estimate of drug-likeness (QED) is 0.903. The van der Waals surface area contributed by atoms with Gasteiger partial charge in [0.1, 0.15) is 0 Å². The lowest BCUT2D eigenvalue weighted by molar-refractivity contribution is 0.316. The zero-order chi connectivity index (χ0) is 15.6. The lowest BCUT2D eigenvalue weighted by atomic mass is 10.0. The van der Waals surface area contributed by atoms with Crippen molar-refractivity contribution in [2.24, 2.45) is 5.92 Å². The molecule has 0 saturated carbocycles. The predicted octanol–water partition coefficient (Wildman–Crippen LogP) is 2.87. The standard InChI is InChI=1S/C15H23ClN2O2S/c1-11(2)15-5-4-8-18(15)21(19,20)13-7-6-12(10-17-3)14(16)9-13/h6-7,9,11,15,17H,4-5,8,10H2,1-3H3. The maximum atomic E-state index is 12.8. The third kappa shape index (κ3) is 3.42. The van der Waals surface area contributed by atoms with Gasteiger partial charge in [0.15, 0.2) is 0 Å². The van der Waals surface area contributed by atoms with Crippen molar-refractivity contribution in [2.45, 2.75) is 44.2 Å². The molecular formula is C15H23ClN2O2S. The summed E-state index contributed by atoms with van der Waals surface area (Å²) < 4.78 is 27.3. The molecule has 1 fully saturated rings. The average molecular weight is 331 g/mol. The summed E-state index contributed by atoms with van der Waals surface area (Å²) >= 11 is 6.20. The van der Waals surface area contributed by atoms with Gasteiger partial charge in [0, 0.05) is 24.2 Å². The molecule has 1 unspecified atom stereocenters. The van der Waals surface area contributed by atoms with Crippen molar-refractivity contribution in [3.8, 4) is 0 Å². The van der Waals surface area contributed by atoms with Gasteiger partial charge in [-0.05, 0) is 43.5 Å². The molecule has 0 aliphatic carbocycles. The van der Waals surface area contributed by atoms with Crippen molar-refractivity contribution >= 4 is 21.6 Å². The van der Waals surface area contributed by atoms with Crippen LogP contribution in [0.15, 0.2) is 23.1 Å². The average Bonchev–Trinajstić information content (AvgIpc) is 2.91. The molecule has 1 saturated heterocycles. The highest BCUT2D eigenvalue weighted by Crippen LogP contribution is 2.31. The first-order chi connectivity index (χ1) is 9.87. The number of nitrogens with one attached hydrogen (secondary N) is 1. The highest BCUT2D eigenvalue weighted by Gasteiger charge is 2.36. The zero-order valence-electron chi connectivity index (χ0n) is 12.8. The van der Waals surface area contributed by atoms with Crippen LogP contribution < -0.4 is 5.32 Å². The van der Waals surface area contributed by atoms with Gasteiger partial charge in [-0.25, -0.2) is 8.42 Å². The fourth-order valence-corrected chi connectivity index (χ4v) is 5.05. The van der Waals surface area contributed by atoms with E-state index in [-0.39, 0.29) is 6.04 Å². The minimum atomic E-state index is -3.46. The summed E-state index contributed by atoms with van der Waals surface area (Å²) in [6, 6.07) is 5.10. The van der Waals surface area contributed by atoms with Gasteiger partial charge in [-0.2, -0.15) is 4.31 Å². The monoisotopic (exact) mass is 330 g/mol. The molecule has 1 atom stereocenters. The first kappa shape index (κ1) is 16.7. The van der Waals surface area contributed by atoms with Gasteiger partial charge in [0.05, 0.1) is 4.90 Å². The zero-order valence-corrected chi connectivity index (χ0v) is 14.3. The van der Waals surface area contributed by atoms with Crippen molar-refractivity contribution in [3.63, 3.8) is 0 Å². The van der Waals surface area contributed by atoms with E-state index in [1.807, 2.05) is 7.05 Å². The number of halogens is 1. The third-order valence-electron chi connectivity index (χ3n) is 4.02. The molecule has 1 heterocycles. The second kappa shape index (κ2) is 6.65. The van der Waals surface area contributed by atoms with Crippen molar-refractivity contribution in [3.05, 3.63) is 28.8 Å². The largest absolute Gasteiger partial charge is 0.316 e. The Morgan fingerprint density at radius 1 is 1.43 bits per heavy atom. The Labute approximate surface area is 132 Å². The second-order valence-electron chi connectivity index (χ2n) is 5.85. The van der Waals surface area contributed by atoms with Gasteiger partial charge in [-0.15, -0.1) is 0 Å². The van der Waals surface area contributed by atoms with Crippen LogP contribution in [-0.4, -0.2) is 32.4 Å². The van der Waals surface area contributed by atoms with Crippen LogP contribution in [0.2, 0.25) is 5.02 Å². The van der Waals surface area contributed by atoms with Crippen LogP contribution in [0.5, 0.6) is 0 Å². The summed E-state index contributed by atoms with van der Waals surface area (Å²) in [5.74, 6) is 0.321. The summed E-state index contributed by atoms with van der Waals surface area (Å²) in [5.41, 5.74) is 0.903. The highest BCUT2D eigenvalue weighted by atomic mass is 35.5. The second-order valence-corrected chi connectivity index (χ2v) is 8.15. The van der Waals surface area contributed by atoms with E-state index in [1.54, 1.807) is 22.5 Å². The van der Waals surface area contributed by atoms with E-state index in [2.05, 4.69) is 19.2 Å². The van der Waals surface area contributed by atoms with E-state index in [0.29, 0.717) is 28.9 Å². The van der Waals surface area contributed by atoms with Gasteiger partial charge in [-0.1, -0.05) is 31.5 Å². The summed E-state index contributed by atoms with van der Waals surface area (Å²) in [4.78, 5) is 0.292. The topological polar surface area (TPSA) is 49.4 Å². The van der Waals surface area contributed by atoms with E-state index >= 15 is 0 Å². The van der Waals surface area contributed by atoms with Crippen LogP contribution in [-0.2, 0) is 16.6 Å². The predicted molar refractivity (Wildman–Crippen MR) is 86.0 cm³/mol. The third-order valence-corrected chi connectivity index (χ3v) is 6.29. The van der Waals surface area contributed by atoms with E-state index in [1.165, 1.54) is 0 Å². The molecule has 6 heteroatoms. The van der Waals surface area contributed by atoms with Gasteiger partial charge in [0.2, 0.25) is 10.0 Å². The molecule has 0 bridgehead atoms. The summed E-state index contributed by atoms with van der Waals surface area (Å²) in [6.07, 6.45) is 1.86. The maximum absolute atomic E-state index is 12.8. The Bertz CT molecular complexity index is 602. The van der Waals surface area contributed by atoms with Gasteiger partial charge >= 0.3 is 0 Å². The number of hydrogen-bond acceptors (Lipinski definition) is 3. The molecular weight excluding hydrogens is 308 g/mol. The SMILES string of the molecule is CNCc1ccc(S(=O)(=O)N2CCCC2C(C)C)cc1Cl. The molecule has 118 valence electrons. The van der Waals surface area contributed by atoms with Crippen LogP contribution in [0.25, 0.3) is 0 Å². The van der Waals surface area contributed by atoms with Crippen molar-refractivity contribution < 1.29 is 8.42 Å². The lowest BCUT2D eigenvalue weighted by Gasteiger charge is -2.27. The Morgan fingerprint density at radius 3 is 2.71 bits per heavy atom. The van der Waals surface area contributed by atoms with Crippen LogP contribution in [0.1, 0.15) is 32.3 Å². The summed E-state index contributed by atoms with van der Waals surface area (Å²) in [6.45, 7) is 5.36. The van der Waals surface area contributed by atoms with Gasteiger partial charge in [0.25, 0.3) is 0 Å². The Morgan fingerprint density at radius 2 is 2.14 bits per heavy atom. The van der Waals surface area contributed by atoms with E-state index in [0.717, 1.165) is 18.4 Å². The van der Waals surface area contributed by atoms with E-state index in [4.69, 9.17) is 11.6 Å². The van der Waals surface area contributed by atoms with Crippen molar-refractivity contribution in [2.75, 3.05) is 13.6 Å². The molecule has 4 nitrogen and oxygen atoms in total. The molecule has 0 aromatic heterocycles. The normalized spacial score (nSPS) is 20.3. The minimum Gasteiger partial charge on any atom is -0.316 e. The van der Waals surface area contributed by atoms with Crippen molar-refractivity contribution in [1.82, 2.24) is 9.62 Å². The summed E-state index contributed by atoms with van der Waals surface area (Å²) in [5, 5.41) is 3.51. The number of benzene rings is 1. The fraction of sp³-hybridized carbons (Fsp3) is 0.600. The number of nitrogens with zero attached hydrogens (tertiary/aromatic N) is 1. The van der Waals surface area contributed by atoms with Crippen LogP contribution >= 0.6 is 11.6 Å². The Kier molecular flexibility index (Phi) is 5.30. The van der Waals surface area contributed by atoms with Crippen molar-refractivity contribution in [1.29, 1.82) is 0 Å². The molecule has 21 heavy (non-hydrogen) atoms. The minimum absolute atomic E-state index is 0.0887. The molecule has 0 amide bonds. The molecule has 1 aromatic carbocycles. The maximum Gasteiger partial charge on any atom is 0.243 e. The van der Waals surface area contributed by atoms with Crippen LogP contribution in [0, 0.1) is 5.92 Å². The molecule has 1 aromatic rings. The van der Waals surface area contributed by atoms with E-state index < -0.39 is 10.0 Å². The molecule has 0 spiro atoms. The number of sulfonamides is 1. The molecule has 2 rings (SSSR count). The molecule has 0 radical (unpaired) electrons. The summed E-state index contributed by atoms with van der Waals surface area (Å²) in [7, 11) is -1.63. The fourth-order valence-electron chi connectivity index (χ4n) is 2.89. The Balaban J connectivity index is 2.33. The molecule has 1 aliphatic rings. The molecule has 1 N–H and O–H groups in total. The number of rotatable bonds is 5. The van der Waals surface area contributed by atoms with Crippen LogP contribution in [0.4, 0.5) is 0 Å². The molecule has 1 aliphatic heterocycles. The van der Waals surface area contributed by atoms with Crippen LogP contribution in [0.3, 0.4) is 0 Å². The first-order valence-electron chi connectivity index (χ1n) is 7.32. The first-order valence-corrected chi connectivity index (χ1v) is 9.14. The Hall–Kier alpha value is -0.620. The number of hydrogen-bond donors (Lipinski definition) is 1. The van der Waals surface area contributed by atoms with Gasteiger partial charge in [-0.3, -0.25) is 0 Å². The lowest BCUT2D eigenvalue weighted by Crippen LogP contribution is -2.38. The highest BCUT2D eigenvalue weighted by molar-refractivity contribution is 7.89.